The molecule has 0 fully saturated rings. The second-order valence-electron chi connectivity index (χ2n) is 11.6. The molecule has 0 aromatic carbocycles. The van der Waals surface area contributed by atoms with Crippen LogP contribution in [0.3, 0.4) is 0 Å². The molecular weight excluding hydrogens is 500 g/mol. The normalized spacial score (nSPS) is 12.3. The summed E-state index contributed by atoms with van der Waals surface area (Å²) in [5.41, 5.74) is 0. The SMILES string of the molecule is CCCCCCCCCCOC(CCCC(=O)N(CCO)CCN(CCC)CCC)OCCCCCCCCC. The number of aliphatic hydroxyl groups is 1. The summed E-state index contributed by atoms with van der Waals surface area (Å²) >= 11 is 0. The molecule has 240 valence electrons. The van der Waals surface area contributed by atoms with Crippen LogP contribution in [0.1, 0.15) is 156 Å². The van der Waals surface area contributed by atoms with E-state index in [0.717, 1.165) is 71.4 Å². The lowest BCUT2D eigenvalue weighted by molar-refractivity contribution is -0.149. The van der Waals surface area contributed by atoms with Gasteiger partial charge in [-0.15, -0.1) is 0 Å². The maximum absolute atomic E-state index is 13.0. The van der Waals surface area contributed by atoms with Gasteiger partial charge in [0.05, 0.1) is 6.61 Å². The molecule has 0 bridgehead atoms. The molecular formula is C34H70N2O4. The first-order valence-corrected chi connectivity index (χ1v) is 17.5. The van der Waals surface area contributed by atoms with E-state index in [0.29, 0.717) is 19.5 Å². The first-order chi connectivity index (χ1) is 19.6. The fourth-order valence-electron chi connectivity index (χ4n) is 5.23. The number of amides is 1. The largest absolute Gasteiger partial charge is 0.395 e. The Balaban J connectivity index is 4.50. The summed E-state index contributed by atoms with van der Waals surface area (Å²) in [6.07, 6.45) is 23.2. The molecule has 1 amide bonds. The van der Waals surface area contributed by atoms with Gasteiger partial charge in [-0.05, 0) is 51.6 Å². The van der Waals surface area contributed by atoms with Crippen molar-refractivity contribution in [1.82, 2.24) is 9.80 Å². The zero-order chi connectivity index (χ0) is 29.5. The van der Waals surface area contributed by atoms with E-state index in [1.807, 2.05) is 4.90 Å². The maximum Gasteiger partial charge on any atom is 0.222 e. The highest BCUT2D eigenvalue weighted by Crippen LogP contribution is 2.14. The van der Waals surface area contributed by atoms with E-state index in [9.17, 15) is 9.90 Å². The lowest BCUT2D eigenvalue weighted by atomic mass is 10.1. The summed E-state index contributed by atoms with van der Waals surface area (Å²) in [6, 6.07) is 0. The molecule has 0 radical (unpaired) electrons. The molecule has 6 nitrogen and oxygen atoms in total. The Morgan fingerprint density at radius 2 is 1.05 bits per heavy atom. The lowest BCUT2D eigenvalue weighted by Crippen LogP contribution is -2.40. The molecule has 1 atom stereocenters. The summed E-state index contributed by atoms with van der Waals surface area (Å²) < 4.78 is 12.3. The molecule has 0 saturated carbocycles. The Hall–Kier alpha value is -0.690. The standard InChI is InChI=1S/C34H70N2O4/c1-5-9-11-13-15-17-19-21-32-40-34(39-31-20-18-16-14-12-10-6-2)24-22-23-33(38)36(29-30-37)28-27-35(25-7-3)26-8-4/h34,37H,5-32H2,1-4H3. The van der Waals surface area contributed by atoms with Crippen LogP contribution in [0.5, 0.6) is 0 Å². The van der Waals surface area contributed by atoms with Crippen LogP contribution in [0.25, 0.3) is 0 Å². The van der Waals surface area contributed by atoms with E-state index < -0.39 is 0 Å². The third-order valence-corrected chi connectivity index (χ3v) is 7.67. The Labute approximate surface area is 249 Å². The number of carbonyl (C=O) groups excluding carboxylic acids is 1. The zero-order valence-corrected chi connectivity index (χ0v) is 27.4. The van der Waals surface area contributed by atoms with Gasteiger partial charge in [0, 0.05) is 39.3 Å². The van der Waals surface area contributed by atoms with Crippen LogP contribution >= 0.6 is 0 Å². The summed E-state index contributed by atoms with van der Waals surface area (Å²) in [5, 5.41) is 9.54. The first-order valence-electron chi connectivity index (χ1n) is 17.5. The molecule has 1 unspecified atom stereocenters. The molecule has 1 N–H and O–H groups in total. The lowest BCUT2D eigenvalue weighted by Gasteiger charge is -2.27. The average molecular weight is 571 g/mol. The first kappa shape index (κ1) is 39.3. The quantitative estimate of drug-likeness (QED) is 0.0650. The fourth-order valence-corrected chi connectivity index (χ4v) is 5.23. The smallest absolute Gasteiger partial charge is 0.222 e. The second-order valence-corrected chi connectivity index (χ2v) is 11.6. The van der Waals surface area contributed by atoms with Crippen molar-refractivity contribution >= 4 is 5.91 Å². The third kappa shape index (κ3) is 25.1. The van der Waals surface area contributed by atoms with Gasteiger partial charge < -0.3 is 24.4 Å². The van der Waals surface area contributed by atoms with Crippen molar-refractivity contribution in [1.29, 1.82) is 0 Å². The minimum atomic E-state index is -0.215. The highest BCUT2D eigenvalue weighted by atomic mass is 16.7. The molecule has 0 rings (SSSR count). The Morgan fingerprint density at radius 1 is 0.575 bits per heavy atom. The van der Waals surface area contributed by atoms with Gasteiger partial charge in [0.25, 0.3) is 0 Å². The number of nitrogens with zero attached hydrogens (tertiary/aromatic N) is 2. The molecule has 0 aliphatic rings. The van der Waals surface area contributed by atoms with E-state index >= 15 is 0 Å². The van der Waals surface area contributed by atoms with Crippen LogP contribution in [-0.2, 0) is 14.3 Å². The maximum atomic E-state index is 13.0. The molecule has 40 heavy (non-hydrogen) atoms. The van der Waals surface area contributed by atoms with Gasteiger partial charge in [0.1, 0.15) is 0 Å². The number of hydrogen-bond donors (Lipinski definition) is 1. The zero-order valence-electron chi connectivity index (χ0n) is 27.4. The van der Waals surface area contributed by atoms with Gasteiger partial charge in [-0.1, -0.05) is 111 Å². The highest BCUT2D eigenvalue weighted by molar-refractivity contribution is 5.76. The Kier molecular flexibility index (Phi) is 30.7. The van der Waals surface area contributed by atoms with Crippen LogP contribution in [-0.4, -0.2) is 79.6 Å². The van der Waals surface area contributed by atoms with Crippen molar-refractivity contribution in [3.8, 4) is 0 Å². The molecule has 0 aromatic rings. The molecule has 0 saturated heterocycles. The van der Waals surface area contributed by atoms with Gasteiger partial charge in [0.2, 0.25) is 5.91 Å². The topological polar surface area (TPSA) is 62.2 Å². The molecule has 0 spiro atoms. The number of carbonyl (C=O) groups is 1. The van der Waals surface area contributed by atoms with Crippen molar-refractivity contribution < 1.29 is 19.4 Å². The predicted molar refractivity (Wildman–Crippen MR) is 171 cm³/mol. The van der Waals surface area contributed by atoms with E-state index in [1.54, 1.807) is 0 Å². The van der Waals surface area contributed by atoms with Crippen LogP contribution in [0.15, 0.2) is 0 Å². The van der Waals surface area contributed by atoms with Crippen LogP contribution in [0.2, 0.25) is 0 Å². The summed E-state index contributed by atoms with van der Waals surface area (Å²) in [6.45, 7) is 14.5. The number of ether oxygens (including phenoxy) is 2. The average Bonchev–Trinajstić information content (AvgIpc) is 2.95. The van der Waals surface area contributed by atoms with Crippen molar-refractivity contribution in [3.63, 3.8) is 0 Å². The van der Waals surface area contributed by atoms with E-state index in [2.05, 4.69) is 32.6 Å². The van der Waals surface area contributed by atoms with Gasteiger partial charge in [-0.25, -0.2) is 0 Å². The molecule has 0 aliphatic heterocycles. The molecule has 0 aliphatic carbocycles. The molecule has 6 heteroatoms. The second kappa shape index (κ2) is 31.3. The number of unbranched alkanes of at least 4 members (excludes halogenated alkanes) is 13. The van der Waals surface area contributed by atoms with Gasteiger partial charge in [-0.3, -0.25) is 4.79 Å². The van der Waals surface area contributed by atoms with Gasteiger partial charge in [-0.2, -0.15) is 0 Å². The van der Waals surface area contributed by atoms with E-state index in [4.69, 9.17) is 9.47 Å². The van der Waals surface area contributed by atoms with Crippen LogP contribution in [0, 0.1) is 0 Å². The minimum absolute atomic E-state index is 0.0131. The fraction of sp³-hybridized carbons (Fsp3) is 0.971. The summed E-state index contributed by atoms with van der Waals surface area (Å²) in [4.78, 5) is 17.3. The summed E-state index contributed by atoms with van der Waals surface area (Å²) in [7, 11) is 0. The van der Waals surface area contributed by atoms with Gasteiger partial charge in [0.15, 0.2) is 6.29 Å². The van der Waals surface area contributed by atoms with Gasteiger partial charge >= 0.3 is 0 Å². The monoisotopic (exact) mass is 571 g/mol. The number of hydrogen-bond acceptors (Lipinski definition) is 5. The van der Waals surface area contributed by atoms with Crippen molar-refractivity contribution in [3.05, 3.63) is 0 Å². The molecule has 0 aromatic heterocycles. The van der Waals surface area contributed by atoms with Crippen molar-refractivity contribution in [2.75, 3.05) is 52.5 Å². The van der Waals surface area contributed by atoms with Crippen molar-refractivity contribution in [2.24, 2.45) is 0 Å². The van der Waals surface area contributed by atoms with Crippen LogP contribution in [0.4, 0.5) is 0 Å². The molecule has 0 heterocycles. The Morgan fingerprint density at radius 3 is 1.50 bits per heavy atom. The van der Waals surface area contributed by atoms with E-state index in [-0.39, 0.29) is 18.8 Å². The number of rotatable bonds is 32. The summed E-state index contributed by atoms with van der Waals surface area (Å²) in [5.74, 6) is 0.135. The third-order valence-electron chi connectivity index (χ3n) is 7.67. The van der Waals surface area contributed by atoms with E-state index in [1.165, 1.54) is 83.5 Å². The highest BCUT2D eigenvalue weighted by Gasteiger charge is 2.16. The van der Waals surface area contributed by atoms with Crippen molar-refractivity contribution in [2.45, 2.75) is 162 Å². The minimum Gasteiger partial charge on any atom is -0.395 e. The Bertz CT molecular complexity index is 514. The number of aliphatic hydroxyl groups excluding tert-OH is 1. The predicted octanol–water partition coefficient (Wildman–Crippen LogP) is 8.35. The van der Waals surface area contributed by atoms with Crippen LogP contribution < -0.4 is 0 Å².